The molecular formula is C30H56NO7+. The van der Waals surface area contributed by atoms with E-state index in [-0.39, 0.29) is 31.1 Å². The number of rotatable bonds is 24. The first-order valence-corrected chi connectivity index (χ1v) is 14.8. The van der Waals surface area contributed by atoms with Gasteiger partial charge >= 0.3 is 17.9 Å². The van der Waals surface area contributed by atoms with Gasteiger partial charge in [0.2, 0.25) is 0 Å². The summed E-state index contributed by atoms with van der Waals surface area (Å²) in [5, 5.41) is 10.8. The molecule has 0 aliphatic rings. The van der Waals surface area contributed by atoms with Crippen molar-refractivity contribution >= 4 is 17.9 Å². The van der Waals surface area contributed by atoms with Crippen molar-refractivity contribution in [3.8, 4) is 0 Å². The van der Waals surface area contributed by atoms with E-state index in [0.717, 1.165) is 64.2 Å². The standard InChI is InChI=1S/C30H56NO7/c1-6-9-16-21-27(38-30(35)25-31(4,5)23-24-37-28(33)19-7-2)26(32)20-17-14-12-10-11-13-15-18-22-29(34)36-8-3/h14,17,26-27,32H,6-13,15-16,18-25H2,1-5H3/q+1. The van der Waals surface area contributed by atoms with Gasteiger partial charge in [0, 0.05) is 12.8 Å². The molecular weight excluding hydrogens is 486 g/mol. The zero-order chi connectivity index (χ0) is 28.7. The second-order valence-corrected chi connectivity index (χ2v) is 10.7. The molecule has 222 valence electrons. The summed E-state index contributed by atoms with van der Waals surface area (Å²) in [4.78, 5) is 35.6. The van der Waals surface area contributed by atoms with Crippen molar-refractivity contribution in [1.29, 1.82) is 0 Å². The van der Waals surface area contributed by atoms with Gasteiger partial charge in [-0.1, -0.05) is 58.1 Å². The predicted octanol–water partition coefficient (Wildman–Crippen LogP) is 5.50. The zero-order valence-corrected chi connectivity index (χ0v) is 24.9. The van der Waals surface area contributed by atoms with Crippen LogP contribution < -0.4 is 0 Å². The molecule has 0 amide bonds. The van der Waals surface area contributed by atoms with Crippen LogP contribution in [0.5, 0.6) is 0 Å². The number of ether oxygens (including phenoxy) is 3. The lowest BCUT2D eigenvalue weighted by Gasteiger charge is -2.30. The molecule has 2 unspecified atom stereocenters. The van der Waals surface area contributed by atoms with Gasteiger partial charge in [-0.25, -0.2) is 4.79 Å². The first-order valence-electron chi connectivity index (χ1n) is 14.8. The number of carbonyl (C=O) groups excluding carboxylic acids is 3. The van der Waals surface area contributed by atoms with E-state index in [2.05, 4.69) is 13.0 Å². The first-order chi connectivity index (χ1) is 18.1. The number of hydrogen-bond acceptors (Lipinski definition) is 7. The van der Waals surface area contributed by atoms with Crippen molar-refractivity contribution < 1.29 is 38.2 Å². The molecule has 0 saturated carbocycles. The van der Waals surface area contributed by atoms with Gasteiger partial charge in [-0.05, 0) is 51.9 Å². The third-order valence-electron chi connectivity index (χ3n) is 6.38. The van der Waals surface area contributed by atoms with Gasteiger partial charge in [0.15, 0.2) is 6.54 Å². The van der Waals surface area contributed by atoms with Crippen LogP contribution in [0.3, 0.4) is 0 Å². The summed E-state index contributed by atoms with van der Waals surface area (Å²) in [6.45, 7) is 7.24. The minimum Gasteiger partial charge on any atom is -0.466 e. The molecule has 0 aromatic heterocycles. The van der Waals surface area contributed by atoms with Crippen LogP contribution in [0.2, 0.25) is 0 Å². The SMILES string of the molecule is CCCCCC(OC(=O)C[N+](C)(C)CCOC(=O)CCC)C(O)CC=CCCCCCCCC(=O)OCC. The number of esters is 3. The molecule has 0 bridgehead atoms. The smallest absolute Gasteiger partial charge is 0.362 e. The van der Waals surface area contributed by atoms with Crippen LogP contribution in [0.25, 0.3) is 0 Å². The quantitative estimate of drug-likeness (QED) is 0.0565. The third-order valence-corrected chi connectivity index (χ3v) is 6.38. The summed E-state index contributed by atoms with van der Waals surface area (Å²) in [5.74, 6) is -0.670. The highest BCUT2D eigenvalue weighted by molar-refractivity contribution is 5.71. The van der Waals surface area contributed by atoms with E-state index in [1.54, 1.807) is 0 Å². The van der Waals surface area contributed by atoms with Gasteiger partial charge in [-0.3, -0.25) is 9.59 Å². The van der Waals surface area contributed by atoms with E-state index in [9.17, 15) is 19.5 Å². The Kier molecular flexibility index (Phi) is 21.8. The van der Waals surface area contributed by atoms with Crippen molar-refractivity contribution in [3.05, 3.63) is 12.2 Å². The molecule has 0 aromatic rings. The second-order valence-electron chi connectivity index (χ2n) is 10.7. The molecule has 0 heterocycles. The first kappa shape index (κ1) is 36.1. The van der Waals surface area contributed by atoms with Crippen LogP contribution in [-0.4, -0.2) is 80.1 Å². The van der Waals surface area contributed by atoms with Crippen molar-refractivity contribution in [2.75, 3.05) is 40.4 Å². The van der Waals surface area contributed by atoms with Gasteiger partial charge in [0.1, 0.15) is 19.3 Å². The van der Waals surface area contributed by atoms with Gasteiger partial charge in [0.05, 0.1) is 26.8 Å². The Labute approximate surface area is 231 Å². The third kappa shape index (κ3) is 21.1. The van der Waals surface area contributed by atoms with Gasteiger partial charge < -0.3 is 23.8 Å². The largest absolute Gasteiger partial charge is 0.466 e. The van der Waals surface area contributed by atoms with Gasteiger partial charge in [-0.2, -0.15) is 0 Å². The van der Waals surface area contributed by atoms with E-state index in [1.807, 2.05) is 34.0 Å². The van der Waals surface area contributed by atoms with E-state index in [4.69, 9.17) is 14.2 Å². The molecule has 0 fully saturated rings. The number of likely N-dealkylation sites (N-methyl/N-ethyl adjacent to an activating group) is 1. The molecule has 0 spiro atoms. The molecule has 38 heavy (non-hydrogen) atoms. The maximum atomic E-state index is 12.7. The Morgan fingerprint density at radius 1 is 0.789 bits per heavy atom. The van der Waals surface area contributed by atoms with E-state index in [0.29, 0.717) is 43.3 Å². The van der Waals surface area contributed by atoms with Crippen LogP contribution in [-0.2, 0) is 28.6 Å². The maximum absolute atomic E-state index is 12.7. The number of hydrogen-bond donors (Lipinski definition) is 1. The number of aliphatic hydroxyl groups excluding tert-OH is 1. The molecule has 8 nitrogen and oxygen atoms in total. The summed E-state index contributed by atoms with van der Waals surface area (Å²) in [5.41, 5.74) is 0. The summed E-state index contributed by atoms with van der Waals surface area (Å²) >= 11 is 0. The highest BCUT2D eigenvalue weighted by Crippen LogP contribution is 2.16. The Hall–Kier alpha value is -1.93. The van der Waals surface area contributed by atoms with Crippen molar-refractivity contribution in [2.24, 2.45) is 0 Å². The molecule has 0 aliphatic carbocycles. The summed E-state index contributed by atoms with van der Waals surface area (Å²) in [7, 11) is 3.81. The number of carbonyl (C=O) groups is 3. The van der Waals surface area contributed by atoms with E-state index >= 15 is 0 Å². The zero-order valence-electron chi connectivity index (χ0n) is 24.9. The normalized spacial score (nSPS) is 13.3. The van der Waals surface area contributed by atoms with Crippen LogP contribution in [0, 0.1) is 0 Å². The Morgan fingerprint density at radius 2 is 1.47 bits per heavy atom. The molecule has 8 heteroatoms. The number of quaternary nitrogens is 1. The number of unbranched alkanes of at least 4 members (excludes halogenated alkanes) is 7. The molecule has 0 saturated heterocycles. The predicted molar refractivity (Wildman–Crippen MR) is 150 cm³/mol. The lowest BCUT2D eigenvalue weighted by Crippen LogP contribution is -2.48. The lowest BCUT2D eigenvalue weighted by atomic mass is 10.0. The molecule has 0 aliphatic heterocycles. The Balaban J connectivity index is 4.41. The highest BCUT2D eigenvalue weighted by atomic mass is 16.6. The van der Waals surface area contributed by atoms with Crippen molar-refractivity contribution in [3.63, 3.8) is 0 Å². The van der Waals surface area contributed by atoms with Crippen molar-refractivity contribution in [2.45, 2.75) is 123 Å². The Bertz CT molecular complexity index is 663. The molecule has 0 rings (SSSR count). The van der Waals surface area contributed by atoms with Crippen LogP contribution in [0.1, 0.15) is 111 Å². The van der Waals surface area contributed by atoms with Crippen LogP contribution in [0.4, 0.5) is 0 Å². The number of allylic oxidation sites excluding steroid dienone is 1. The average molecular weight is 543 g/mol. The van der Waals surface area contributed by atoms with Crippen LogP contribution >= 0.6 is 0 Å². The van der Waals surface area contributed by atoms with Gasteiger partial charge in [-0.15, -0.1) is 0 Å². The second kappa shape index (κ2) is 23.0. The topological polar surface area (TPSA) is 99.1 Å². The minimum atomic E-state index is -0.736. The minimum absolute atomic E-state index is 0.111. The number of aliphatic hydroxyl groups is 1. The summed E-state index contributed by atoms with van der Waals surface area (Å²) in [6.07, 6.45) is 14.7. The fourth-order valence-electron chi connectivity index (χ4n) is 4.04. The van der Waals surface area contributed by atoms with Crippen LogP contribution in [0.15, 0.2) is 12.2 Å². The molecule has 2 atom stereocenters. The van der Waals surface area contributed by atoms with E-state index in [1.165, 1.54) is 0 Å². The molecule has 0 aromatic carbocycles. The van der Waals surface area contributed by atoms with E-state index < -0.39 is 12.2 Å². The highest BCUT2D eigenvalue weighted by Gasteiger charge is 2.27. The lowest BCUT2D eigenvalue weighted by molar-refractivity contribution is -0.883. The number of nitrogens with zero attached hydrogens (tertiary/aromatic N) is 1. The fraction of sp³-hybridized carbons (Fsp3) is 0.833. The summed E-state index contributed by atoms with van der Waals surface area (Å²) in [6, 6.07) is 0. The maximum Gasteiger partial charge on any atom is 0.362 e. The Morgan fingerprint density at radius 3 is 2.16 bits per heavy atom. The van der Waals surface area contributed by atoms with Crippen molar-refractivity contribution in [1.82, 2.24) is 0 Å². The monoisotopic (exact) mass is 542 g/mol. The fourth-order valence-corrected chi connectivity index (χ4v) is 4.04. The average Bonchev–Trinajstić information content (AvgIpc) is 2.84. The molecule has 1 N–H and O–H groups in total. The summed E-state index contributed by atoms with van der Waals surface area (Å²) < 4.78 is 16.3. The van der Waals surface area contributed by atoms with Gasteiger partial charge in [0.25, 0.3) is 0 Å². The molecule has 0 radical (unpaired) electrons.